The number of hydrogen-bond donors (Lipinski definition) is 1. The van der Waals surface area contributed by atoms with Gasteiger partial charge in [0.05, 0.1) is 0 Å². The van der Waals surface area contributed by atoms with Crippen molar-refractivity contribution in [1.29, 1.82) is 0 Å². The molecular formula is C15H21N3. The molecule has 1 N–H and O–H groups in total. The summed E-state index contributed by atoms with van der Waals surface area (Å²) in [5.74, 6) is 0. The fraction of sp³-hybridized carbons (Fsp3) is 0.400. The molecule has 96 valence electrons. The zero-order valence-corrected chi connectivity index (χ0v) is 11.2. The second-order valence-electron chi connectivity index (χ2n) is 4.85. The fourth-order valence-corrected chi connectivity index (χ4v) is 2.06. The smallest absolute Gasteiger partial charge is 0.0346 e. The summed E-state index contributed by atoms with van der Waals surface area (Å²) in [5, 5.41) is 5.99. The van der Waals surface area contributed by atoms with Crippen molar-refractivity contribution in [3.8, 4) is 0 Å². The summed E-state index contributed by atoms with van der Waals surface area (Å²) < 4.78 is 0. The maximum absolute atomic E-state index is 4.29. The number of aromatic nitrogens is 1. The molecule has 1 heterocycles. The van der Waals surface area contributed by atoms with Gasteiger partial charge < -0.3 is 10.2 Å². The maximum atomic E-state index is 4.29. The van der Waals surface area contributed by atoms with Gasteiger partial charge in [0.1, 0.15) is 0 Å². The first-order valence-corrected chi connectivity index (χ1v) is 6.44. The predicted molar refractivity (Wildman–Crippen MR) is 76.6 cm³/mol. The normalized spacial score (nSPS) is 11.3. The summed E-state index contributed by atoms with van der Waals surface area (Å²) >= 11 is 0. The van der Waals surface area contributed by atoms with Gasteiger partial charge in [-0.15, -0.1) is 0 Å². The highest BCUT2D eigenvalue weighted by Gasteiger charge is 2.00. The van der Waals surface area contributed by atoms with Crippen LogP contribution in [0.25, 0.3) is 10.8 Å². The molecule has 1 aromatic carbocycles. The van der Waals surface area contributed by atoms with Crippen LogP contribution < -0.4 is 5.32 Å². The third-order valence-electron chi connectivity index (χ3n) is 3.03. The monoisotopic (exact) mass is 243 g/mol. The van der Waals surface area contributed by atoms with Gasteiger partial charge in [-0.1, -0.05) is 24.3 Å². The summed E-state index contributed by atoms with van der Waals surface area (Å²) in [7, 11) is 4.21. The van der Waals surface area contributed by atoms with E-state index in [-0.39, 0.29) is 0 Å². The highest BCUT2D eigenvalue weighted by molar-refractivity contribution is 5.84. The Kier molecular flexibility index (Phi) is 4.67. The van der Waals surface area contributed by atoms with Gasteiger partial charge in [-0.2, -0.15) is 0 Å². The van der Waals surface area contributed by atoms with Gasteiger partial charge in [0.15, 0.2) is 0 Å². The minimum absolute atomic E-state index is 0.891. The largest absolute Gasteiger partial charge is 0.313 e. The zero-order chi connectivity index (χ0) is 12.8. The van der Waals surface area contributed by atoms with Crippen molar-refractivity contribution in [2.45, 2.75) is 13.0 Å². The van der Waals surface area contributed by atoms with Crippen LogP contribution in [0.2, 0.25) is 0 Å². The van der Waals surface area contributed by atoms with Gasteiger partial charge in [0.2, 0.25) is 0 Å². The number of hydrogen-bond acceptors (Lipinski definition) is 3. The van der Waals surface area contributed by atoms with Gasteiger partial charge >= 0.3 is 0 Å². The molecule has 0 fully saturated rings. The number of rotatable bonds is 6. The first kappa shape index (κ1) is 13.0. The standard InChI is InChI=1S/C15H21N3/c1-18(2)9-5-8-16-11-14-12-17-10-13-6-3-4-7-15(13)14/h3-4,6-7,10,12,16H,5,8-9,11H2,1-2H3. The molecule has 0 unspecified atom stereocenters. The molecule has 0 aliphatic rings. The Balaban J connectivity index is 1.91. The van der Waals surface area contributed by atoms with Crippen molar-refractivity contribution in [2.24, 2.45) is 0 Å². The summed E-state index contributed by atoms with van der Waals surface area (Å²) in [6.45, 7) is 3.06. The van der Waals surface area contributed by atoms with Crippen molar-refractivity contribution >= 4 is 10.8 Å². The third-order valence-corrected chi connectivity index (χ3v) is 3.03. The molecule has 3 nitrogen and oxygen atoms in total. The third kappa shape index (κ3) is 3.52. The van der Waals surface area contributed by atoms with Crippen molar-refractivity contribution in [1.82, 2.24) is 15.2 Å². The predicted octanol–water partition coefficient (Wildman–Crippen LogP) is 2.28. The van der Waals surface area contributed by atoms with Crippen LogP contribution in [0.5, 0.6) is 0 Å². The summed E-state index contributed by atoms with van der Waals surface area (Å²) in [4.78, 5) is 6.50. The van der Waals surface area contributed by atoms with E-state index in [1.807, 2.05) is 12.4 Å². The summed E-state index contributed by atoms with van der Waals surface area (Å²) in [5.41, 5.74) is 1.28. The van der Waals surface area contributed by atoms with Crippen LogP contribution in [-0.4, -0.2) is 37.1 Å². The van der Waals surface area contributed by atoms with Gasteiger partial charge in [-0.05, 0) is 44.6 Å². The number of nitrogens with zero attached hydrogens (tertiary/aromatic N) is 2. The minimum atomic E-state index is 0.891. The fourth-order valence-electron chi connectivity index (χ4n) is 2.06. The lowest BCUT2D eigenvalue weighted by molar-refractivity contribution is 0.394. The van der Waals surface area contributed by atoms with Crippen LogP contribution in [-0.2, 0) is 6.54 Å². The lowest BCUT2D eigenvalue weighted by Gasteiger charge is -2.10. The van der Waals surface area contributed by atoms with Crippen molar-refractivity contribution < 1.29 is 0 Å². The van der Waals surface area contributed by atoms with E-state index in [0.717, 1.165) is 19.6 Å². The van der Waals surface area contributed by atoms with E-state index < -0.39 is 0 Å². The van der Waals surface area contributed by atoms with Crippen LogP contribution in [0.3, 0.4) is 0 Å². The van der Waals surface area contributed by atoms with Crippen LogP contribution in [0.4, 0.5) is 0 Å². The molecule has 0 saturated carbocycles. The Morgan fingerprint density at radius 2 is 2.00 bits per heavy atom. The Morgan fingerprint density at radius 1 is 1.17 bits per heavy atom. The van der Waals surface area contributed by atoms with Gasteiger partial charge in [0.25, 0.3) is 0 Å². The summed E-state index contributed by atoms with van der Waals surface area (Å²) in [6, 6.07) is 8.40. The van der Waals surface area contributed by atoms with Crippen molar-refractivity contribution in [2.75, 3.05) is 27.2 Å². The van der Waals surface area contributed by atoms with E-state index in [9.17, 15) is 0 Å². The number of fused-ring (bicyclic) bond motifs is 1. The average molecular weight is 243 g/mol. The first-order valence-electron chi connectivity index (χ1n) is 6.44. The Morgan fingerprint density at radius 3 is 2.83 bits per heavy atom. The van der Waals surface area contributed by atoms with Crippen molar-refractivity contribution in [3.63, 3.8) is 0 Å². The topological polar surface area (TPSA) is 28.2 Å². The van der Waals surface area contributed by atoms with E-state index in [4.69, 9.17) is 0 Å². The van der Waals surface area contributed by atoms with Gasteiger partial charge in [-0.25, -0.2) is 0 Å². The molecule has 0 bridgehead atoms. The average Bonchev–Trinajstić information content (AvgIpc) is 2.38. The molecule has 1 aromatic heterocycles. The van der Waals surface area contributed by atoms with E-state index in [2.05, 4.69) is 53.6 Å². The molecule has 0 atom stereocenters. The highest BCUT2D eigenvalue weighted by Crippen LogP contribution is 2.16. The molecule has 3 heteroatoms. The van der Waals surface area contributed by atoms with Crippen LogP contribution >= 0.6 is 0 Å². The second-order valence-corrected chi connectivity index (χ2v) is 4.85. The van der Waals surface area contributed by atoms with Gasteiger partial charge in [-0.3, -0.25) is 4.98 Å². The van der Waals surface area contributed by atoms with E-state index in [1.54, 1.807) is 0 Å². The maximum Gasteiger partial charge on any atom is 0.0346 e. The van der Waals surface area contributed by atoms with Crippen LogP contribution in [0, 0.1) is 0 Å². The summed E-state index contributed by atoms with van der Waals surface area (Å²) in [6.07, 6.45) is 5.05. The molecule has 0 saturated heterocycles. The van der Waals surface area contributed by atoms with Crippen molar-refractivity contribution in [3.05, 3.63) is 42.2 Å². The Labute approximate surface area is 109 Å². The lowest BCUT2D eigenvalue weighted by atomic mass is 10.1. The van der Waals surface area contributed by atoms with E-state index >= 15 is 0 Å². The SMILES string of the molecule is CN(C)CCCNCc1cncc2ccccc12. The second kappa shape index (κ2) is 6.47. The number of nitrogens with one attached hydrogen (secondary N) is 1. The van der Waals surface area contributed by atoms with Gasteiger partial charge in [0, 0.05) is 24.3 Å². The molecule has 0 amide bonds. The number of benzene rings is 1. The molecule has 2 aromatic rings. The van der Waals surface area contributed by atoms with Crippen LogP contribution in [0.15, 0.2) is 36.7 Å². The lowest BCUT2D eigenvalue weighted by Crippen LogP contribution is -2.21. The van der Waals surface area contributed by atoms with E-state index in [0.29, 0.717) is 0 Å². The Bertz CT molecular complexity index is 489. The molecular weight excluding hydrogens is 222 g/mol. The van der Waals surface area contributed by atoms with E-state index in [1.165, 1.54) is 22.8 Å². The molecule has 2 rings (SSSR count). The highest BCUT2D eigenvalue weighted by atomic mass is 15.0. The molecule has 18 heavy (non-hydrogen) atoms. The quantitative estimate of drug-likeness (QED) is 0.789. The molecule has 0 spiro atoms. The Hall–Kier alpha value is -1.45. The minimum Gasteiger partial charge on any atom is -0.313 e. The number of pyridine rings is 1. The zero-order valence-electron chi connectivity index (χ0n) is 11.2. The molecule has 0 aliphatic heterocycles. The first-order chi connectivity index (χ1) is 8.77. The molecule has 0 aliphatic carbocycles. The van der Waals surface area contributed by atoms with Crippen LogP contribution in [0.1, 0.15) is 12.0 Å². The molecule has 0 radical (unpaired) electrons.